The number of benzene rings is 2. The van der Waals surface area contributed by atoms with Crippen LogP contribution in [-0.2, 0) is 13.1 Å². The number of fused-ring (bicyclic) bond motifs is 1. The molecule has 0 fully saturated rings. The largest absolute Gasteiger partial charge is 0.298 e. The van der Waals surface area contributed by atoms with Crippen LogP contribution < -0.4 is 0 Å². The van der Waals surface area contributed by atoms with E-state index in [4.69, 9.17) is 23.2 Å². The third-order valence-corrected chi connectivity index (χ3v) is 4.57. The Labute approximate surface area is 155 Å². The average Bonchev–Trinajstić information content (AvgIpc) is 2.57. The molecule has 1 heterocycles. The molecule has 0 saturated carbocycles. The summed E-state index contributed by atoms with van der Waals surface area (Å²) >= 11 is 12.5. The number of rotatable bonds is 5. The lowest BCUT2D eigenvalue weighted by Gasteiger charge is -2.18. The van der Waals surface area contributed by atoms with Crippen molar-refractivity contribution in [1.82, 2.24) is 9.88 Å². The molecule has 0 aliphatic carbocycles. The summed E-state index contributed by atoms with van der Waals surface area (Å²) in [6.07, 6.45) is 0. The SMILES string of the molecule is CN(Cc1cc([N+](=O)[O-])ccc1Cl)Cc1cc2ccccc2nc1Cl. The third-order valence-electron chi connectivity index (χ3n) is 3.87. The van der Waals surface area contributed by atoms with Gasteiger partial charge in [-0.1, -0.05) is 41.4 Å². The van der Waals surface area contributed by atoms with E-state index in [0.717, 1.165) is 16.5 Å². The van der Waals surface area contributed by atoms with Gasteiger partial charge in [0.1, 0.15) is 5.15 Å². The lowest BCUT2D eigenvalue weighted by Crippen LogP contribution is -2.18. The van der Waals surface area contributed by atoms with Gasteiger partial charge in [0, 0.05) is 41.2 Å². The van der Waals surface area contributed by atoms with Crippen LogP contribution in [0.3, 0.4) is 0 Å². The summed E-state index contributed by atoms with van der Waals surface area (Å²) in [5, 5.41) is 12.9. The van der Waals surface area contributed by atoms with Crippen molar-refractivity contribution < 1.29 is 4.92 Å². The van der Waals surface area contributed by atoms with E-state index in [-0.39, 0.29) is 5.69 Å². The molecule has 3 aromatic rings. The first-order valence-corrected chi connectivity index (χ1v) is 8.35. The van der Waals surface area contributed by atoms with Crippen LogP contribution in [0.4, 0.5) is 5.69 Å². The van der Waals surface area contributed by atoms with Crippen LogP contribution in [-0.4, -0.2) is 21.9 Å². The second-order valence-corrected chi connectivity index (χ2v) is 6.60. The van der Waals surface area contributed by atoms with E-state index in [1.165, 1.54) is 12.1 Å². The minimum atomic E-state index is -0.427. The summed E-state index contributed by atoms with van der Waals surface area (Å²) < 4.78 is 0. The Bertz CT molecular complexity index is 947. The van der Waals surface area contributed by atoms with Crippen LogP contribution in [0.5, 0.6) is 0 Å². The lowest BCUT2D eigenvalue weighted by molar-refractivity contribution is -0.384. The van der Waals surface area contributed by atoms with E-state index in [2.05, 4.69) is 4.98 Å². The lowest BCUT2D eigenvalue weighted by atomic mass is 10.1. The quantitative estimate of drug-likeness (QED) is 0.354. The van der Waals surface area contributed by atoms with E-state index in [9.17, 15) is 10.1 Å². The molecule has 128 valence electrons. The molecule has 2 aromatic carbocycles. The minimum absolute atomic E-state index is 0.0261. The van der Waals surface area contributed by atoms with Crippen molar-refractivity contribution in [2.24, 2.45) is 0 Å². The number of hydrogen-bond acceptors (Lipinski definition) is 4. The second kappa shape index (κ2) is 7.35. The van der Waals surface area contributed by atoms with E-state index in [1.807, 2.05) is 42.3 Å². The van der Waals surface area contributed by atoms with Crippen molar-refractivity contribution in [3.05, 3.63) is 79.9 Å². The summed E-state index contributed by atoms with van der Waals surface area (Å²) in [6.45, 7) is 1.01. The number of hydrogen-bond donors (Lipinski definition) is 0. The van der Waals surface area contributed by atoms with Gasteiger partial charge in [-0.25, -0.2) is 4.98 Å². The number of halogens is 2. The van der Waals surface area contributed by atoms with Gasteiger partial charge >= 0.3 is 0 Å². The zero-order valence-corrected chi connectivity index (χ0v) is 15.0. The smallest absolute Gasteiger partial charge is 0.269 e. The van der Waals surface area contributed by atoms with Crippen LogP contribution >= 0.6 is 23.2 Å². The average molecular weight is 376 g/mol. The van der Waals surface area contributed by atoms with Gasteiger partial charge in [0.05, 0.1) is 10.4 Å². The minimum Gasteiger partial charge on any atom is -0.298 e. The molecule has 3 rings (SSSR count). The number of aromatic nitrogens is 1. The molecule has 0 bridgehead atoms. The summed E-state index contributed by atoms with van der Waals surface area (Å²) in [7, 11) is 1.90. The first-order valence-electron chi connectivity index (χ1n) is 7.59. The third kappa shape index (κ3) is 4.07. The normalized spacial score (nSPS) is 11.2. The molecule has 7 heteroatoms. The maximum Gasteiger partial charge on any atom is 0.269 e. The second-order valence-electron chi connectivity index (χ2n) is 5.84. The van der Waals surface area contributed by atoms with Crippen molar-refractivity contribution in [3.63, 3.8) is 0 Å². The first-order chi connectivity index (χ1) is 11.9. The number of para-hydroxylation sites is 1. The van der Waals surface area contributed by atoms with E-state index < -0.39 is 4.92 Å². The molecule has 0 N–H and O–H groups in total. The molecular formula is C18H15Cl2N3O2. The van der Waals surface area contributed by atoms with E-state index >= 15 is 0 Å². The molecule has 0 radical (unpaired) electrons. The highest BCUT2D eigenvalue weighted by Gasteiger charge is 2.13. The molecule has 0 aliphatic heterocycles. The van der Waals surface area contributed by atoms with Gasteiger partial charge in [0.2, 0.25) is 0 Å². The fraction of sp³-hybridized carbons (Fsp3) is 0.167. The van der Waals surface area contributed by atoms with Crippen molar-refractivity contribution in [2.45, 2.75) is 13.1 Å². The van der Waals surface area contributed by atoms with Crippen LogP contribution in [0.2, 0.25) is 10.2 Å². The molecule has 0 aliphatic rings. The highest BCUT2D eigenvalue weighted by atomic mass is 35.5. The zero-order valence-electron chi connectivity index (χ0n) is 13.4. The monoisotopic (exact) mass is 375 g/mol. The highest BCUT2D eigenvalue weighted by Crippen LogP contribution is 2.25. The number of nitro groups is 1. The zero-order chi connectivity index (χ0) is 18.0. The topological polar surface area (TPSA) is 59.3 Å². The first kappa shape index (κ1) is 17.6. The molecule has 0 atom stereocenters. The predicted molar refractivity (Wildman–Crippen MR) is 100 cm³/mol. The van der Waals surface area contributed by atoms with Gasteiger partial charge in [-0.15, -0.1) is 0 Å². The maximum absolute atomic E-state index is 10.9. The van der Waals surface area contributed by atoms with Crippen molar-refractivity contribution in [1.29, 1.82) is 0 Å². The van der Waals surface area contributed by atoms with Crippen LogP contribution in [0.25, 0.3) is 10.9 Å². The fourth-order valence-corrected chi connectivity index (χ4v) is 3.06. The highest BCUT2D eigenvalue weighted by molar-refractivity contribution is 6.31. The number of nitro benzene ring substituents is 1. The van der Waals surface area contributed by atoms with Gasteiger partial charge in [-0.3, -0.25) is 15.0 Å². The molecule has 25 heavy (non-hydrogen) atoms. The Kier molecular flexibility index (Phi) is 5.18. The van der Waals surface area contributed by atoms with Gasteiger partial charge in [0.25, 0.3) is 5.69 Å². The molecule has 1 aromatic heterocycles. The van der Waals surface area contributed by atoms with E-state index in [0.29, 0.717) is 28.8 Å². The van der Waals surface area contributed by atoms with Gasteiger partial charge < -0.3 is 0 Å². The van der Waals surface area contributed by atoms with Crippen LogP contribution in [0.1, 0.15) is 11.1 Å². The standard InChI is InChI=1S/C18H15Cl2N3O2/c1-22(10-13-9-15(23(24)25)6-7-16(13)19)11-14-8-12-4-2-3-5-17(12)21-18(14)20/h2-9H,10-11H2,1H3. The van der Waals surface area contributed by atoms with Gasteiger partial charge in [0.15, 0.2) is 0 Å². The number of pyridine rings is 1. The predicted octanol–water partition coefficient (Wildman–Crippen LogP) is 5.08. The van der Waals surface area contributed by atoms with Crippen molar-refractivity contribution in [2.75, 3.05) is 7.05 Å². The Morgan fingerprint density at radius 1 is 1.08 bits per heavy atom. The summed E-state index contributed by atoms with van der Waals surface area (Å²) in [5.74, 6) is 0. The molecular weight excluding hydrogens is 361 g/mol. The van der Waals surface area contributed by atoms with Crippen LogP contribution in [0.15, 0.2) is 48.5 Å². The molecule has 0 amide bonds. The summed E-state index contributed by atoms with van der Waals surface area (Å²) in [6, 6.07) is 14.2. The Balaban J connectivity index is 1.81. The van der Waals surface area contributed by atoms with Crippen LogP contribution in [0, 0.1) is 10.1 Å². The fourth-order valence-electron chi connectivity index (χ4n) is 2.68. The summed E-state index contributed by atoms with van der Waals surface area (Å²) in [5.41, 5.74) is 2.46. The van der Waals surface area contributed by atoms with Gasteiger partial charge in [-0.05, 0) is 30.8 Å². The summed E-state index contributed by atoms with van der Waals surface area (Å²) in [4.78, 5) is 16.9. The Morgan fingerprint density at radius 3 is 2.56 bits per heavy atom. The number of nitrogens with zero attached hydrogens (tertiary/aromatic N) is 3. The Hall–Kier alpha value is -2.21. The van der Waals surface area contributed by atoms with Gasteiger partial charge in [-0.2, -0.15) is 0 Å². The molecule has 0 saturated heterocycles. The van der Waals surface area contributed by atoms with Crippen molar-refractivity contribution >= 4 is 39.8 Å². The van der Waals surface area contributed by atoms with Crippen molar-refractivity contribution in [3.8, 4) is 0 Å². The molecule has 0 unspecified atom stereocenters. The molecule has 0 spiro atoms. The molecule has 5 nitrogen and oxygen atoms in total. The van der Waals surface area contributed by atoms with E-state index in [1.54, 1.807) is 6.07 Å². The maximum atomic E-state index is 10.9. The Morgan fingerprint density at radius 2 is 1.80 bits per heavy atom. The number of non-ortho nitro benzene ring substituents is 1.